The van der Waals surface area contributed by atoms with Gasteiger partial charge in [0.25, 0.3) is 0 Å². The maximum Gasteiger partial charge on any atom is 0.115 e. The molecular formula is C16H20N2O. The number of nitrogens with zero attached hydrogens (tertiary/aromatic N) is 1. The zero-order valence-electron chi connectivity index (χ0n) is 11.0. The van der Waals surface area contributed by atoms with Crippen molar-refractivity contribution in [2.75, 3.05) is 0 Å². The van der Waals surface area contributed by atoms with Gasteiger partial charge in [0, 0.05) is 24.5 Å². The van der Waals surface area contributed by atoms with Gasteiger partial charge < -0.3 is 15.4 Å². The summed E-state index contributed by atoms with van der Waals surface area (Å²) in [6.45, 7) is 0.979. The highest BCUT2D eigenvalue weighted by Crippen LogP contribution is 2.28. The van der Waals surface area contributed by atoms with Crippen molar-refractivity contribution < 1.29 is 5.11 Å². The van der Waals surface area contributed by atoms with Crippen molar-refractivity contribution in [1.82, 2.24) is 4.57 Å². The number of hydrogen-bond acceptors (Lipinski definition) is 2. The van der Waals surface area contributed by atoms with Crippen LogP contribution in [0.15, 0.2) is 36.5 Å². The van der Waals surface area contributed by atoms with Crippen molar-refractivity contribution in [3.05, 3.63) is 53.3 Å². The first-order chi connectivity index (χ1) is 9.24. The van der Waals surface area contributed by atoms with Gasteiger partial charge in [-0.05, 0) is 55.0 Å². The van der Waals surface area contributed by atoms with Gasteiger partial charge in [-0.25, -0.2) is 0 Å². The Kier molecular flexibility index (Phi) is 3.30. The fourth-order valence-electron chi connectivity index (χ4n) is 2.91. The van der Waals surface area contributed by atoms with Crippen molar-refractivity contribution in [3.8, 4) is 5.75 Å². The molecule has 1 unspecified atom stereocenters. The van der Waals surface area contributed by atoms with Gasteiger partial charge in [0.1, 0.15) is 5.75 Å². The maximum atomic E-state index is 9.28. The summed E-state index contributed by atoms with van der Waals surface area (Å²) in [6, 6.07) is 9.86. The number of hydrogen-bond donors (Lipinski definition) is 2. The Labute approximate surface area is 113 Å². The van der Waals surface area contributed by atoms with Gasteiger partial charge in [-0.15, -0.1) is 0 Å². The minimum absolute atomic E-state index is 0.221. The van der Waals surface area contributed by atoms with Crippen LogP contribution in [0, 0.1) is 0 Å². The van der Waals surface area contributed by atoms with E-state index >= 15 is 0 Å². The molecule has 1 aromatic carbocycles. The van der Waals surface area contributed by atoms with E-state index in [4.69, 9.17) is 5.73 Å². The zero-order chi connectivity index (χ0) is 13.2. The number of aromatic nitrogens is 1. The summed E-state index contributed by atoms with van der Waals surface area (Å²) in [5, 5.41) is 9.28. The molecule has 0 bridgehead atoms. The molecule has 1 atom stereocenters. The summed E-state index contributed by atoms with van der Waals surface area (Å²) in [4.78, 5) is 0. The number of rotatable bonds is 3. The van der Waals surface area contributed by atoms with Crippen LogP contribution in [0.4, 0.5) is 0 Å². The summed E-state index contributed by atoms with van der Waals surface area (Å²) < 4.78 is 2.33. The van der Waals surface area contributed by atoms with E-state index in [2.05, 4.69) is 16.8 Å². The summed E-state index contributed by atoms with van der Waals surface area (Å²) in [6.07, 6.45) is 6.59. The zero-order valence-corrected chi connectivity index (χ0v) is 11.0. The molecule has 0 amide bonds. The summed E-state index contributed by atoms with van der Waals surface area (Å²) >= 11 is 0. The fraction of sp³-hybridized carbons (Fsp3) is 0.375. The molecule has 0 spiro atoms. The van der Waals surface area contributed by atoms with Gasteiger partial charge in [-0.2, -0.15) is 0 Å². The highest BCUT2D eigenvalue weighted by Gasteiger charge is 2.19. The van der Waals surface area contributed by atoms with E-state index in [1.165, 1.54) is 23.2 Å². The molecule has 0 aliphatic heterocycles. The lowest BCUT2D eigenvalue weighted by Crippen LogP contribution is -2.18. The molecule has 1 aromatic heterocycles. The van der Waals surface area contributed by atoms with Gasteiger partial charge >= 0.3 is 0 Å². The van der Waals surface area contributed by atoms with Crippen LogP contribution in [0.25, 0.3) is 0 Å². The SMILES string of the molecule is NC1CCCc2c1ccn2CCc1ccc(O)cc1. The predicted molar refractivity (Wildman–Crippen MR) is 76.1 cm³/mol. The van der Waals surface area contributed by atoms with Crippen molar-refractivity contribution >= 4 is 0 Å². The first-order valence-corrected chi connectivity index (χ1v) is 6.95. The Morgan fingerprint density at radius 1 is 1.21 bits per heavy atom. The predicted octanol–water partition coefficient (Wildman–Crippen LogP) is 2.77. The second-order valence-corrected chi connectivity index (χ2v) is 5.33. The standard InChI is InChI=1S/C16H20N2O/c17-15-2-1-3-16-14(15)9-11-18(16)10-8-12-4-6-13(19)7-5-12/h4-7,9,11,15,19H,1-3,8,10,17H2. The lowest BCUT2D eigenvalue weighted by molar-refractivity contribution is 0.475. The normalized spacial score (nSPS) is 18.3. The first kappa shape index (κ1) is 12.3. The molecule has 0 saturated carbocycles. The van der Waals surface area contributed by atoms with Gasteiger partial charge in [0.15, 0.2) is 0 Å². The molecule has 0 saturated heterocycles. The average Bonchev–Trinajstić information content (AvgIpc) is 2.83. The number of phenols is 1. The van der Waals surface area contributed by atoms with Crippen molar-refractivity contribution in [2.45, 2.75) is 38.3 Å². The molecule has 1 aliphatic carbocycles. The van der Waals surface area contributed by atoms with Crippen molar-refractivity contribution in [1.29, 1.82) is 0 Å². The van der Waals surface area contributed by atoms with Crippen LogP contribution < -0.4 is 5.73 Å². The number of aryl methyl sites for hydroxylation is 2. The Morgan fingerprint density at radius 2 is 2.00 bits per heavy atom. The molecule has 3 nitrogen and oxygen atoms in total. The van der Waals surface area contributed by atoms with E-state index in [1.807, 2.05) is 12.1 Å². The van der Waals surface area contributed by atoms with E-state index in [1.54, 1.807) is 12.1 Å². The molecule has 0 radical (unpaired) electrons. The van der Waals surface area contributed by atoms with Crippen LogP contribution in [0.1, 0.15) is 35.7 Å². The Hall–Kier alpha value is -1.74. The highest BCUT2D eigenvalue weighted by atomic mass is 16.3. The summed E-state index contributed by atoms with van der Waals surface area (Å²) in [7, 11) is 0. The van der Waals surface area contributed by atoms with Crippen LogP contribution >= 0.6 is 0 Å². The van der Waals surface area contributed by atoms with E-state index < -0.39 is 0 Å². The van der Waals surface area contributed by atoms with Crippen molar-refractivity contribution in [3.63, 3.8) is 0 Å². The van der Waals surface area contributed by atoms with Crippen LogP contribution in [-0.2, 0) is 19.4 Å². The lowest BCUT2D eigenvalue weighted by atomic mass is 9.93. The smallest absolute Gasteiger partial charge is 0.115 e. The highest BCUT2D eigenvalue weighted by molar-refractivity contribution is 5.29. The fourth-order valence-corrected chi connectivity index (χ4v) is 2.91. The molecule has 0 fully saturated rings. The van der Waals surface area contributed by atoms with Crippen LogP contribution in [0.5, 0.6) is 5.75 Å². The van der Waals surface area contributed by atoms with E-state index in [9.17, 15) is 5.11 Å². The maximum absolute atomic E-state index is 9.28. The Balaban J connectivity index is 1.72. The average molecular weight is 256 g/mol. The molecule has 2 aromatic rings. The number of aromatic hydroxyl groups is 1. The van der Waals surface area contributed by atoms with E-state index in [-0.39, 0.29) is 6.04 Å². The Morgan fingerprint density at radius 3 is 2.79 bits per heavy atom. The number of nitrogens with two attached hydrogens (primary N) is 1. The van der Waals surface area contributed by atoms with Gasteiger partial charge in [0.2, 0.25) is 0 Å². The van der Waals surface area contributed by atoms with Crippen molar-refractivity contribution in [2.24, 2.45) is 5.73 Å². The van der Waals surface area contributed by atoms with Crippen LogP contribution in [0.3, 0.4) is 0 Å². The summed E-state index contributed by atoms with van der Waals surface area (Å²) in [5.41, 5.74) is 10.1. The number of fused-ring (bicyclic) bond motifs is 1. The second-order valence-electron chi connectivity index (χ2n) is 5.33. The number of benzene rings is 1. The summed E-state index contributed by atoms with van der Waals surface area (Å²) in [5.74, 6) is 0.327. The van der Waals surface area contributed by atoms with E-state index in [0.717, 1.165) is 25.8 Å². The second kappa shape index (κ2) is 5.10. The molecule has 19 heavy (non-hydrogen) atoms. The molecule has 1 heterocycles. The van der Waals surface area contributed by atoms with Gasteiger partial charge in [-0.3, -0.25) is 0 Å². The molecule has 3 rings (SSSR count). The van der Waals surface area contributed by atoms with E-state index in [0.29, 0.717) is 5.75 Å². The molecular weight excluding hydrogens is 236 g/mol. The first-order valence-electron chi connectivity index (χ1n) is 6.95. The van der Waals surface area contributed by atoms with Crippen LogP contribution in [0.2, 0.25) is 0 Å². The van der Waals surface area contributed by atoms with Crippen LogP contribution in [-0.4, -0.2) is 9.67 Å². The third kappa shape index (κ3) is 2.51. The minimum atomic E-state index is 0.221. The largest absolute Gasteiger partial charge is 0.508 e. The molecule has 3 N–H and O–H groups in total. The number of phenolic OH excluding ortho intramolecular Hbond substituents is 1. The van der Waals surface area contributed by atoms with Gasteiger partial charge in [-0.1, -0.05) is 12.1 Å². The van der Waals surface area contributed by atoms with Gasteiger partial charge in [0.05, 0.1) is 0 Å². The third-order valence-electron chi connectivity index (χ3n) is 4.02. The lowest BCUT2D eigenvalue weighted by Gasteiger charge is -2.21. The molecule has 3 heteroatoms. The minimum Gasteiger partial charge on any atom is -0.508 e. The quantitative estimate of drug-likeness (QED) is 0.887. The Bertz CT molecular complexity index is 557. The topological polar surface area (TPSA) is 51.2 Å². The third-order valence-corrected chi connectivity index (χ3v) is 4.02. The molecule has 100 valence electrons. The monoisotopic (exact) mass is 256 g/mol. The molecule has 1 aliphatic rings.